The molecule has 0 spiro atoms. The minimum Gasteiger partial charge on any atom is -0.383 e. The summed E-state index contributed by atoms with van der Waals surface area (Å²) < 4.78 is 5.08. The second kappa shape index (κ2) is 7.04. The quantitative estimate of drug-likeness (QED) is 0.730. The largest absolute Gasteiger partial charge is 0.383 e. The first-order valence-corrected chi connectivity index (χ1v) is 6.35. The molecular weight excluding hydrogens is 222 g/mol. The highest BCUT2D eigenvalue weighted by atomic mass is 32.1. The maximum absolute atomic E-state index is 5.38. The van der Waals surface area contributed by atoms with Crippen LogP contribution in [-0.2, 0) is 4.74 Å². The van der Waals surface area contributed by atoms with Gasteiger partial charge in [-0.3, -0.25) is 0 Å². The van der Waals surface area contributed by atoms with Crippen LogP contribution in [-0.4, -0.2) is 67.4 Å². The zero-order valence-corrected chi connectivity index (χ0v) is 11.3. The van der Waals surface area contributed by atoms with Crippen LogP contribution < -0.4 is 5.32 Å². The molecule has 0 aromatic carbocycles. The number of hydrogen-bond acceptors (Lipinski definition) is 3. The molecule has 1 rings (SSSR count). The third-order valence-electron chi connectivity index (χ3n) is 2.89. The summed E-state index contributed by atoms with van der Waals surface area (Å²) in [5.74, 6) is 0. The Labute approximate surface area is 104 Å². The van der Waals surface area contributed by atoms with Crippen molar-refractivity contribution >= 4 is 17.3 Å². The molecule has 0 radical (unpaired) electrons. The number of hydrogen-bond donors (Lipinski definition) is 1. The van der Waals surface area contributed by atoms with E-state index in [1.54, 1.807) is 7.11 Å². The topological polar surface area (TPSA) is 27.7 Å². The van der Waals surface area contributed by atoms with E-state index in [1.165, 1.54) is 0 Å². The predicted octanol–water partition coefficient (Wildman–Crippen LogP) is 0.533. The lowest BCUT2D eigenvalue weighted by atomic mass is 10.3. The van der Waals surface area contributed by atoms with Crippen molar-refractivity contribution in [3.05, 3.63) is 0 Å². The Hall–Kier alpha value is -0.390. The molecule has 0 aromatic heterocycles. The van der Waals surface area contributed by atoms with E-state index < -0.39 is 0 Å². The van der Waals surface area contributed by atoms with Gasteiger partial charge in [-0.25, -0.2) is 0 Å². The fraction of sp³-hybridized carbons (Fsp3) is 0.909. The van der Waals surface area contributed by atoms with Crippen LogP contribution in [0.1, 0.15) is 13.8 Å². The van der Waals surface area contributed by atoms with Crippen LogP contribution in [0.2, 0.25) is 0 Å². The van der Waals surface area contributed by atoms with Gasteiger partial charge in [-0.15, -0.1) is 0 Å². The van der Waals surface area contributed by atoms with Crippen LogP contribution in [0, 0.1) is 0 Å². The molecule has 5 heteroatoms. The summed E-state index contributed by atoms with van der Waals surface area (Å²) in [4.78, 5) is 4.69. The molecule has 0 aliphatic carbocycles. The van der Waals surface area contributed by atoms with Crippen LogP contribution in [0.4, 0.5) is 0 Å². The van der Waals surface area contributed by atoms with Gasteiger partial charge in [0.2, 0.25) is 0 Å². The lowest BCUT2D eigenvalue weighted by molar-refractivity contribution is 0.170. The summed E-state index contributed by atoms with van der Waals surface area (Å²) in [7, 11) is 1.71. The summed E-state index contributed by atoms with van der Waals surface area (Å²) in [5.41, 5.74) is 0. The number of nitrogens with zero attached hydrogens (tertiary/aromatic N) is 2. The minimum atomic E-state index is 0.279. The van der Waals surface area contributed by atoms with Crippen molar-refractivity contribution in [1.82, 2.24) is 15.1 Å². The number of ether oxygens (including phenoxy) is 1. The molecule has 1 N–H and O–H groups in total. The van der Waals surface area contributed by atoms with Crippen LogP contribution in [0.5, 0.6) is 0 Å². The zero-order valence-electron chi connectivity index (χ0n) is 10.5. The molecule has 0 saturated carbocycles. The van der Waals surface area contributed by atoms with Crippen molar-refractivity contribution in [3.63, 3.8) is 0 Å². The molecule has 1 fully saturated rings. The number of rotatable bonds is 4. The fourth-order valence-corrected chi connectivity index (χ4v) is 2.24. The molecule has 4 nitrogen and oxygen atoms in total. The summed E-state index contributed by atoms with van der Waals surface area (Å²) in [5, 5.41) is 4.16. The maximum atomic E-state index is 5.38. The SMILES string of the molecule is CCN1CCN(C(=S)NC(C)COC)CC1. The van der Waals surface area contributed by atoms with E-state index in [2.05, 4.69) is 29.0 Å². The van der Waals surface area contributed by atoms with E-state index in [-0.39, 0.29) is 6.04 Å². The molecule has 0 amide bonds. The number of piperazine rings is 1. The minimum absolute atomic E-state index is 0.279. The van der Waals surface area contributed by atoms with E-state index in [4.69, 9.17) is 17.0 Å². The van der Waals surface area contributed by atoms with Crippen LogP contribution in [0.15, 0.2) is 0 Å². The summed E-state index contributed by atoms with van der Waals surface area (Å²) in [6.07, 6.45) is 0. The molecule has 1 aliphatic rings. The fourth-order valence-electron chi connectivity index (χ4n) is 1.86. The molecule has 94 valence electrons. The zero-order chi connectivity index (χ0) is 12.0. The van der Waals surface area contributed by atoms with Gasteiger partial charge in [-0.1, -0.05) is 6.92 Å². The normalized spacial score (nSPS) is 19.6. The maximum Gasteiger partial charge on any atom is 0.169 e. The Kier molecular flexibility index (Phi) is 6.01. The smallest absolute Gasteiger partial charge is 0.169 e. The van der Waals surface area contributed by atoms with Gasteiger partial charge in [0.05, 0.1) is 6.61 Å². The van der Waals surface area contributed by atoms with Gasteiger partial charge in [-0.2, -0.15) is 0 Å². The molecule has 1 unspecified atom stereocenters. The first kappa shape index (κ1) is 13.7. The second-order valence-electron chi connectivity index (χ2n) is 4.23. The van der Waals surface area contributed by atoms with Crippen molar-refractivity contribution in [2.24, 2.45) is 0 Å². The van der Waals surface area contributed by atoms with Crippen LogP contribution in [0.25, 0.3) is 0 Å². The first-order valence-electron chi connectivity index (χ1n) is 5.94. The van der Waals surface area contributed by atoms with Gasteiger partial charge in [0, 0.05) is 39.3 Å². The number of thiocarbonyl (C=S) groups is 1. The molecule has 0 aromatic rings. The van der Waals surface area contributed by atoms with Gasteiger partial charge in [0.15, 0.2) is 5.11 Å². The van der Waals surface area contributed by atoms with E-state index in [9.17, 15) is 0 Å². The lowest BCUT2D eigenvalue weighted by Crippen LogP contribution is -2.53. The molecule has 1 aliphatic heterocycles. The van der Waals surface area contributed by atoms with Crippen molar-refractivity contribution in [2.75, 3.05) is 46.4 Å². The Morgan fingerprint density at radius 2 is 2.00 bits per heavy atom. The molecule has 0 bridgehead atoms. The predicted molar refractivity (Wildman–Crippen MR) is 70.8 cm³/mol. The second-order valence-corrected chi connectivity index (χ2v) is 4.61. The van der Waals surface area contributed by atoms with E-state index in [1.807, 2.05) is 0 Å². The average Bonchev–Trinajstić information content (AvgIpc) is 2.29. The van der Waals surface area contributed by atoms with Crippen molar-refractivity contribution in [1.29, 1.82) is 0 Å². The van der Waals surface area contributed by atoms with E-state index in [0.717, 1.165) is 37.8 Å². The van der Waals surface area contributed by atoms with Crippen molar-refractivity contribution in [3.8, 4) is 0 Å². The van der Waals surface area contributed by atoms with Gasteiger partial charge < -0.3 is 19.9 Å². The standard InChI is InChI=1S/C11H23N3OS/c1-4-13-5-7-14(8-6-13)11(16)12-10(2)9-15-3/h10H,4-9H2,1-3H3,(H,12,16). The Bertz CT molecular complexity index is 217. The molecule has 1 saturated heterocycles. The molecule has 1 heterocycles. The van der Waals surface area contributed by atoms with Gasteiger partial charge in [0.1, 0.15) is 0 Å². The highest BCUT2D eigenvalue weighted by Crippen LogP contribution is 2.02. The molecule has 16 heavy (non-hydrogen) atoms. The Morgan fingerprint density at radius 3 is 2.50 bits per heavy atom. The first-order chi connectivity index (χ1) is 7.67. The lowest BCUT2D eigenvalue weighted by Gasteiger charge is -2.36. The third-order valence-corrected chi connectivity index (χ3v) is 3.27. The van der Waals surface area contributed by atoms with E-state index >= 15 is 0 Å². The number of methoxy groups -OCH3 is 1. The van der Waals surface area contributed by atoms with Crippen molar-refractivity contribution < 1.29 is 4.74 Å². The molecular formula is C11H23N3OS. The monoisotopic (exact) mass is 245 g/mol. The molecule has 1 atom stereocenters. The number of likely N-dealkylation sites (N-methyl/N-ethyl adjacent to an activating group) is 1. The van der Waals surface area contributed by atoms with Gasteiger partial charge in [0.25, 0.3) is 0 Å². The van der Waals surface area contributed by atoms with Gasteiger partial charge in [-0.05, 0) is 25.7 Å². The highest BCUT2D eigenvalue weighted by Gasteiger charge is 2.18. The average molecular weight is 245 g/mol. The van der Waals surface area contributed by atoms with Crippen LogP contribution >= 0.6 is 12.2 Å². The number of nitrogens with one attached hydrogen (secondary N) is 1. The summed E-state index contributed by atoms with van der Waals surface area (Å²) in [6.45, 7) is 10.4. The Morgan fingerprint density at radius 1 is 1.38 bits per heavy atom. The van der Waals surface area contributed by atoms with Crippen molar-refractivity contribution in [2.45, 2.75) is 19.9 Å². The Balaban J connectivity index is 2.27. The summed E-state index contributed by atoms with van der Waals surface area (Å²) in [6, 6.07) is 0.279. The third kappa shape index (κ3) is 4.23. The van der Waals surface area contributed by atoms with E-state index in [0.29, 0.717) is 6.61 Å². The van der Waals surface area contributed by atoms with Crippen LogP contribution in [0.3, 0.4) is 0 Å². The summed E-state index contributed by atoms with van der Waals surface area (Å²) >= 11 is 5.38. The van der Waals surface area contributed by atoms with Gasteiger partial charge >= 0.3 is 0 Å². The highest BCUT2D eigenvalue weighted by molar-refractivity contribution is 7.80.